The van der Waals surface area contributed by atoms with E-state index in [0.29, 0.717) is 13.0 Å². The van der Waals surface area contributed by atoms with Gasteiger partial charge >= 0.3 is 0 Å². The number of rotatable bonds is 5. The molecule has 1 aliphatic heterocycles. The van der Waals surface area contributed by atoms with Gasteiger partial charge in [-0.1, -0.05) is 19.1 Å². The van der Waals surface area contributed by atoms with E-state index in [1.54, 1.807) is 13.0 Å². The monoisotopic (exact) mass is 267 g/mol. The second-order valence-electron chi connectivity index (χ2n) is 4.49. The Morgan fingerprint density at radius 2 is 2.32 bits per heavy atom. The van der Waals surface area contributed by atoms with Gasteiger partial charge in [0, 0.05) is 5.92 Å². The van der Waals surface area contributed by atoms with Crippen LogP contribution in [0.15, 0.2) is 12.2 Å². The first-order valence-electron chi connectivity index (χ1n) is 6.19. The number of carbonyl (C=O) groups is 3. The van der Waals surface area contributed by atoms with Crippen LogP contribution in [0.3, 0.4) is 0 Å². The minimum absolute atomic E-state index is 0.00697. The van der Waals surface area contributed by atoms with E-state index in [1.807, 2.05) is 6.08 Å². The highest BCUT2D eigenvalue weighted by Crippen LogP contribution is 2.05. The minimum atomic E-state index is -0.579. The topological polar surface area (TPSA) is 98.5 Å². The largest absolute Gasteiger partial charge is 0.370 e. The fourth-order valence-corrected chi connectivity index (χ4v) is 1.53. The van der Waals surface area contributed by atoms with Crippen LogP contribution in [-0.2, 0) is 19.1 Å². The van der Waals surface area contributed by atoms with Gasteiger partial charge in [0.15, 0.2) is 5.78 Å². The van der Waals surface area contributed by atoms with Crippen molar-refractivity contribution in [2.24, 2.45) is 11.7 Å². The van der Waals surface area contributed by atoms with E-state index >= 15 is 0 Å². The van der Waals surface area contributed by atoms with Crippen molar-refractivity contribution < 1.29 is 19.1 Å². The van der Waals surface area contributed by atoms with Crippen molar-refractivity contribution in [3.05, 3.63) is 18.6 Å². The Hall–Kier alpha value is -1.69. The molecule has 19 heavy (non-hydrogen) atoms. The number of hydrogen-bond donors (Lipinski definition) is 2. The molecule has 0 aromatic carbocycles. The van der Waals surface area contributed by atoms with Crippen molar-refractivity contribution in [3.8, 4) is 0 Å². The zero-order valence-electron chi connectivity index (χ0n) is 10.9. The Bertz CT molecular complexity index is 379. The standard InChI is InChI=1S/C13H19N2O4/c1-9(13(14)18)5-6-12(17)15-10-4-2-3-7-19-8-11(10)16/h2-3,6,9-10H,4-5,7-8H2,1H3,(H2,14,18)(H,15,17)/b3-2-/t9?,10-/m0/s1. The summed E-state index contributed by atoms with van der Waals surface area (Å²) in [6.07, 6.45) is 5.66. The quantitative estimate of drug-likeness (QED) is 0.670. The van der Waals surface area contributed by atoms with E-state index in [1.165, 1.54) is 6.42 Å². The van der Waals surface area contributed by atoms with E-state index in [2.05, 4.69) is 5.32 Å². The summed E-state index contributed by atoms with van der Waals surface area (Å²) in [7, 11) is 0. The lowest BCUT2D eigenvalue weighted by Gasteiger charge is -2.18. The average Bonchev–Trinajstić information content (AvgIpc) is 2.35. The van der Waals surface area contributed by atoms with E-state index in [-0.39, 0.29) is 24.7 Å². The smallest absolute Gasteiger partial charge is 0.224 e. The molecule has 0 saturated heterocycles. The molecule has 2 amide bonds. The number of primary amides is 1. The maximum absolute atomic E-state index is 11.7. The summed E-state index contributed by atoms with van der Waals surface area (Å²) in [6.45, 7) is 2.05. The van der Waals surface area contributed by atoms with Crippen LogP contribution in [0.2, 0.25) is 0 Å². The van der Waals surface area contributed by atoms with Crippen LogP contribution in [0.1, 0.15) is 19.8 Å². The Morgan fingerprint density at radius 1 is 1.58 bits per heavy atom. The fourth-order valence-electron chi connectivity index (χ4n) is 1.53. The molecule has 1 unspecified atom stereocenters. The number of Topliss-reactive ketones (excluding diaryl/α,β-unsaturated/α-hetero) is 1. The number of carbonyl (C=O) groups excluding carboxylic acids is 3. The van der Waals surface area contributed by atoms with Crippen LogP contribution < -0.4 is 11.1 Å². The maximum atomic E-state index is 11.7. The van der Waals surface area contributed by atoms with Crippen LogP contribution in [-0.4, -0.2) is 36.9 Å². The lowest BCUT2D eigenvalue weighted by molar-refractivity contribution is -0.129. The zero-order chi connectivity index (χ0) is 14.3. The first-order valence-corrected chi connectivity index (χ1v) is 6.19. The predicted molar refractivity (Wildman–Crippen MR) is 68.8 cm³/mol. The minimum Gasteiger partial charge on any atom is -0.370 e. The summed E-state index contributed by atoms with van der Waals surface area (Å²) in [4.78, 5) is 34.2. The molecule has 0 spiro atoms. The number of nitrogens with two attached hydrogens (primary N) is 1. The van der Waals surface area contributed by atoms with Crippen molar-refractivity contribution in [2.75, 3.05) is 13.2 Å². The summed E-state index contributed by atoms with van der Waals surface area (Å²) in [5.41, 5.74) is 5.10. The van der Waals surface area contributed by atoms with Crippen molar-refractivity contribution >= 4 is 17.6 Å². The SMILES string of the molecule is CC(C[CH]C(=O)N[C@H]1C/C=C\COCC1=O)C(N)=O. The Kier molecular flexibility index (Phi) is 6.21. The molecule has 1 radical (unpaired) electrons. The second-order valence-corrected chi connectivity index (χ2v) is 4.49. The molecule has 3 N–H and O–H groups in total. The molecular formula is C13H19N2O4. The van der Waals surface area contributed by atoms with Gasteiger partial charge in [0.25, 0.3) is 0 Å². The molecule has 6 nitrogen and oxygen atoms in total. The molecule has 105 valence electrons. The molecule has 1 heterocycles. The Morgan fingerprint density at radius 3 is 3.00 bits per heavy atom. The van der Waals surface area contributed by atoms with Gasteiger partial charge in [-0.3, -0.25) is 14.4 Å². The van der Waals surface area contributed by atoms with Gasteiger partial charge in [-0.2, -0.15) is 0 Å². The Labute approximate surface area is 112 Å². The first-order chi connectivity index (χ1) is 9.00. The first kappa shape index (κ1) is 15.4. The van der Waals surface area contributed by atoms with Gasteiger partial charge in [-0.05, 0) is 12.8 Å². The van der Waals surface area contributed by atoms with Gasteiger partial charge in [-0.15, -0.1) is 0 Å². The molecule has 0 aromatic heterocycles. The van der Waals surface area contributed by atoms with Crippen molar-refractivity contribution in [2.45, 2.75) is 25.8 Å². The van der Waals surface area contributed by atoms with E-state index < -0.39 is 17.9 Å². The highest BCUT2D eigenvalue weighted by atomic mass is 16.5. The predicted octanol–water partition coefficient (Wildman–Crippen LogP) is -0.267. The third-order valence-corrected chi connectivity index (χ3v) is 2.84. The second kappa shape index (κ2) is 7.68. The zero-order valence-corrected chi connectivity index (χ0v) is 10.9. The highest BCUT2D eigenvalue weighted by molar-refractivity contribution is 5.93. The van der Waals surface area contributed by atoms with Crippen LogP contribution in [0.5, 0.6) is 0 Å². The fraction of sp³-hybridized carbons (Fsp3) is 0.538. The molecule has 1 rings (SSSR count). The summed E-state index contributed by atoms with van der Waals surface area (Å²) in [5.74, 6) is -1.39. The number of ketones is 1. The lowest BCUT2D eigenvalue weighted by Crippen LogP contribution is -2.43. The molecule has 6 heteroatoms. The molecular weight excluding hydrogens is 248 g/mol. The number of ether oxygens (including phenoxy) is 1. The van der Waals surface area contributed by atoms with E-state index in [4.69, 9.17) is 10.5 Å². The number of amides is 2. The third kappa shape index (κ3) is 5.65. The third-order valence-electron chi connectivity index (χ3n) is 2.84. The summed E-state index contributed by atoms with van der Waals surface area (Å²) < 4.78 is 5.07. The molecule has 2 atom stereocenters. The van der Waals surface area contributed by atoms with Crippen LogP contribution >= 0.6 is 0 Å². The summed E-state index contributed by atoms with van der Waals surface area (Å²) >= 11 is 0. The summed E-state index contributed by atoms with van der Waals surface area (Å²) in [5, 5.41) is 2.60. The van der Waals surface area contributed by atoms with Crippen LogP contribution in [0.4, 0.5) is 0 Å². The lowest BCUT2D eigenvalue weighted by atomic mass is 10.0. The van der Waals surface area contributed by atoms with Gasteiger partial charge in [0.2, 0.25) is 11.8 Å². The van der Waals surface area contributed by atoms with Crippen LogP contribution in [0.25, 0.3) is 0 Å². The van der Waals surface area contributed by atoms with Crippen LogP contribution in [0, 0.1) is 12.3 Å². The van der Waals surface area contributed by atoms with Gasteiger partial charge in [0.1, 0.15) is 6.61 Å². The van der Waals surface area contributed by atoms with Crippen molar-refractivity contribution in [1.29, 1.82) is 0 Å². The van der Waals surface area contributed by atoms with Gasteiger partial charge in [0.05, 0.1) is 19.1 Å². The maximum Gasteiger partial charge on any atom is 0.224 e. The van der Waals surface area contributed by atoms with Crippen molar-refractivity contribution in [1.82, 2.24) is 5.32 Å². The molecule has 0 saturated carbocycles. The normalized spacial score (nSPS) is 23.0. The summed E-state index contributed by atoms with van der Waals surface area (Å²) in [6, 6.07) is -0.579. The van der Waals surface area contributed by atoms with Crippen molar-refractivity contribution in [3.63, 3.8) is 0 Å². The van der Waals surface area contributed by atoms with Gasteiger partial charge < -0.3 is 15.8 Å². The molecule has 1 aliphatic rings. The molecule has 0 aliphatic carbocycles. The molecule has 0 fully saturated rings. The number of nitrogens with one attached hydrogen (secondary N) is 1. The molecule has 0 aromatic rings. The highest BCUT2D eigenvalue weighted by Gasteiger charge is 2.21. The van der Waals surface area contributed by atoms with E-state index in [9.17, 15) is 14.4 Å². The Balaban J connectivity index is 2.41. The number of hydrogen-bond acceptors (Lipinski definition) is 4. The van der Waals surface area contributed by atoms with E-state index in [0.717, 1.165) is 0 Å². The molecule has 0 bridgehead atoms. The average molecular weight is 267 g/mol. The van der Waals surface area contributed by atoms with Gasteiger partial charge in [-0.25, -0.2) is 0 Å².